The number of amides is 1. The predicted octanol–water partition coefficient (Wildman–Crippen LogP) is 3.70. The van der Waals surface area contributed by atoms with Crippen LogP contribution in [0.1, 0.15) is 27.2 Å². The van der Waals surface area contributed by atoms with Gasteiger partial charge in [0.2, 0.25) is 0 Å². The van der Waals surface area contributed by atoms with Crippen LogP contribution in [-0.4, -0.2) is 43.7 Å². The molecule has 0 unspecified atom stereocenters. The van der Waals surface area contributed by atoms with Crippen molar-refractivity contribution >= 4 is 16.8 Å². The Kier molecular flexibility index (Phi) is 4.63. The van der Waals surface area contributed by atoms with Crippen molar-refractivity contribution in [3.05, 3.63) is 52.7 Å². The zero-order valence-electron chi connectivity index (χ0n) is 16.6. The number of benzene rings is 2. The molecule has 2 heterocycles. The Balaban J connectivity index is 1.65. The maximum Gasteiger partial charge on any atom is 0.270 e. The molecule has 0 aliphatic carbocycles. The second kappa shape index (κ2) is 7.11. The maximum absolute atomic E-state index is 13.2. The third-order valence-corrected chi connectivity index (χ3v) is 5.48. The summed E-state index contributed by atoms with van der Waals surface area (Å²) < 4.78 is 16.1. The van der Waals surface area contributed by atoms with Crippen molar-refractivity contribution in [3.8, 4) is 17.2 Å². The van der Waals surface area contributed by atoms with Crippen molar-refractivity contribution in [2.75, 3.05) is 27.9 Å². The largest absolute Gasteiger partial charge is 0.497 e. The topological polar surface area (TPSA) is 63.8 Å². The monoisotopic (exact) mass is 380 g/mol. The highest BCUT2D eigenvalue weighted by molar-refractivity contribution is 6.01. The van der Waals surface area contributed by atoms with E-state index < -0.39 is 0 Å². The molecular weight excluding hydrogens is 356 g/mol. The number of nitrogens with zero attached hydrogens (tertiary/aromatic N) is 1. The number of fused-ring (bicyclic) bond motifs is 2. The number of aromatic nitrogens is 1. The first-order valence-corrected chi connectivity index (χ1v) is 9.25. The first-order valence-electron chi connectivity index (χ1n) is 9.25. The van der Waals surface area contributed by atoms with Crippen molar-refractivity contribution in [1.82, 2.24) is 9.88 Å². The summed E-state index contributed by atoms with van der Waals surface area (Å²) >= 11 is 0. The zero-order valence-corrected chi connectivity index (χ0v) is 16.6. The van der Waals surface area contributed by atoms with Gasteiger partial charge in [0.1, 0.15) is 11.4 Å². The minimum atomic E-state index is 0.00750. The maximum atomic E-state index is 13.2. The van der Waals surface area contributed by atoms with E-state index in [-0.39, 0.29) is 5.91 Å². The van der Waals surface area contributed by atoms with Gasteiger partial charge in [-0.3, -0.25) is 4.79 Å². The summed E-state index contributed by atoms with van der Waals surface area (Å²) in [4.78, 5) is 18.4. The molecule has 6 heteroatoms. The highest BCUT2D eigenvalue weighted by Crippen LogP contribution is 2.34. The molecule has 28 heavy (non-hydrogen) atoms. The number of methoxy groups -OCH3 is 3. The van der Waals surface area contributed by atoms with Crippen LogP contribution in [0, 0.1) is 6.92 Å². The summed E-state index contributed by atoms with van der Waals surface area (Å²) in [7, 11) is 4.90. The molecule has 0 radical (unpaired) electrons. The summed E-state index contributed by atoms with van der Waals surface area (Å²) in [5.41, 5.74) is 4.78. The van der Waals surface area contributed by atoms with Crippen molar-refractivity contribution in [2.24, 2.45) is 0 Å². The van der Waals surface area contributed by atoms with Crippen molar-refractivity contribution in [1.29, 1.82) is 0 Å². The van der Waals surface area contributed by atoms with Crippen LogP contribution in [-0.2, 0) is 13.0 Å². The minimum absolute atomic E-state index is 0.00750. The fourth-order valence-corrected chi connectivity index (χ4v) is 3.87. The Morgan fingerprint density at radius 2 is 1.71 bits per heavy atom. The molecule has 1 amide bonds. The molecular formula is C22H24N2O4. The number of ether oxygens (including phenoxy) is 3. The van der Waals surface area contributed by atoms with E-state index in [1.165, 1.54) is 5.56 Å². The number of aromatic amines is 1. The number of nitrogens with one attached hydrogen (secondary N) is 1. The second-order valence-electron chi connectivity index (χ2n) is 6.99. The number of hydrogen-bond acceptors (Lipinski definition) is 4. The zero-order chi connectivity index (χ0) is 19.8. The van der Waals surface area contributed by atoms with Gasteiger partial charge in [0.05, 0.1) is 21.3 Å². The molecule has 146 valence electrons. The molecule has 0 bridgehead atoms. The molecule has 1 aliphatic rings. The Morgan fingerprint density at radius 3 is 2.39 bits per heavy atom. The van der Waals surface area contributed by atoms with Crippen molar-refractivity contribution in [2.45, 2.75) is 19.9 Å². The van der Waals surface area contributed by atoms with E-state index in [1.54, 1.807) is 21.3 Å². The summed E-state index contributed by atoms with van der Waals surface area (Å²) in [6.07, 6.45) is 0.786. The van der Waals surface area contributed by atoms with Crippen LogP contribution in [0.3, 0.4) is 0 Å². The lowest BCUT2D eigenvalue weighted by Crippen LogP contribution is -2.36. The Bertz CT molecular complexity index is 1050. The summed E-state index contributed by atoms with van der Waals surface area (Å²) in [5, 5.41) is 1.04. The molecule has 3 aromatic rings. The Morgan fingerprint density at radius 1 is 1.00 bits per heavy atom. The lowest BCUT2D eigenvalue weighted by Gasteiger charge is -2.29. The van der Waals surface area contributed by atoms with Gasteiger partial charge in [-0.25, -0.2) is 0 Å². The van der Waals surface area contributed by atoms with Crippen LogP contribution in [0.15, 0.2) is 30.3 Å². The van der Waals surface area contributed by atoms with Gasteiger partial charge >= 0.3 is 0 Å². The fraction of sp³-hybridized carbons (Fsp3) is 0.318. The molecule has 6 nitrogen and oxygen atoms in total. The van der Waals surface area contributed by atoms with Gasteiger partial charge in [-0.15, -0.1) is 0 Å². The van der Waals surface area contributed by atoms with Gasteiger partial charge in [-0.2, -0.15) is 0 Å². The van der Waals surface area contributed by atoms with Crippen LogP contribution < -0.4 is 14.2 Å². The quantitative estimate of drug-likeness (QED) is 0.750. The van der Waals surface area contributed by atoms with E-state index in [9.17, 15) is 4.79 Å². The minimum Gasteiger partial charge on any atom is -0.497 e. The van der Waals surface area contributed by atoms with Crippen LogP contribution in [0.25, 0.3) is 10.9 Å². The number of H-pyrrole nitrogens is 1. The molecule has 0 fully saturated rings. The summed E-state index contributed by atoms with van der Waals surface area (Å²) in [6.45, 7) is 3.19. The molecule has 0 saturated heterocycles. The second-order valence-corrected chi connectivity index (χ2v) is 6.99. The molecule has 0 atom stereocenters. The van der Waals surface area contributed by atoms with Crippen LogP contribution in [0.2, 0.25) is 0 Å². The van der Waals surface area contributed by atoms with E-state index >= 15 is 0 Å². The van der Waals surface area contributed by atoms with Crippen molar-refractivity contribution < 1.29 is 19.0 Å². The molecule has 1 aliphatic heterocycles. The lowest BCUT2D eigenvalue weighted by atomic mass is 9.98. The van der Waals surface area contributed by atoms with Gasteiger partial charge in [-0.1, -0.05) is 0 Å². The van der Waals surface area contributed by atoms with E-state index in [0.29, 0.717) is 24.5 Å². The van der Waals surface area contributed by atoms with Crippen molar-refractivity contribution in [3.63, 3.8) is 0 Å². The number of rotatable bonds is 4. The predicted molar refractivity (Wildman–Crippen MR) is 108 cm³/mol. The Hall–Kier alpha value is -3.15. The third-order valence-electron chi connectivity index (χ3n) is 5.48. The highest BCUT2D eigenvalue weighted by atomic mass is 16.5. The number of carbonyl (C=O) groups is 1. The molecule has 4 rings (SSSR count). The summed E-state index contributed by atoms with van der Waals surface area (Å²) in [6, 6.07) is 9.79. The fourth-order valence-electron chi connectivity index (χ4n) is 3.87. The lowest BCUT2D eigenvalue weighted by molar-refractivity contribution is 0.0728. The first-order chi connectivity index (χ1) is 13.5. The number of aryl methyl sites for hydroxylation is 1. The normalized spacial score (nSPS) is 13.4. The SMILES string of the molecule is COc1ccc2c(C)c(C(=O)N3CCc4cc(OC)c(OC)cc4C3)[nH]c2c1. The van der Waals surface area contributed by atoms with Gasteiger partial charge in [0.15, 0.2) is 11.5 Å². The van der Waals surface area contributed by atoms with Crippen LogP contribution >= 0.6 is 0 Å². The Labute approximate surface area is 164 Å². The number of carbonyl (C=O) groups excluding carboxylic acids is 1. The molecule has 0 spiro atoms. The van der Waals surface area contributed by atoms with E-state index in [0.717, 1.165) is 39.9 Å². The molecule has 2 aromatic carbocycles. The van der Waals surface area contributed by atoms with E-state index in [4.69, 9.17) is 14.2 Å². The van der Waals surface area contributed by atoms with Gasteiger partial charge in [0, 0.05) is 30.1 Å². The van der Waals surface area contributed by atoms with Crippen LogP contribution in [0.4, 0.5) is 0 Å². The van der Waals surface area contributed by atoms with Gasteiger partial charge < -0.3 is 24.1 Å². The molecule has 1 aromatic heterocycles. The third kappa shape index (κ3) is 2.95. The molecule has 1 N–H and O–H groups in total. The molecule has 0 saturated carbocycles. The summed E-state index contributed by atoms with van der Waals surface area (Å²) in [5.74, 6) is 2.18. The standard InChI is InChI=1S/C22H24N2O4/c1-13-17-6-5-16(26-2)11-18(17)23-21(13)22(25)24-8-7-14-9-19(27-3)20(28-4)10-15(14)12-24/h5-6,9-11,23H,7-8,12H2,1-4H3. The van der Waals surface area contributed by atoms with Gasteiger partial charge in [0.25, 0.3) is 5.91 Å². The van der Waals surface area contributed by atoms with E-state index in [1.807, 2.05) is 42.2 Å². The highest BCUT2D eigenvalue weighted by Gasteiger charge is 2.26. The first kappa shape index (κ1) is 18.2. The number of hydrogen-bond donors (Lipinski definition) is 1. The van der Waals surface area contributed by atoms with E-state index in [2.05, 4.69) is 4.98 Å². The van der Waals surface area contributed by atoms with Crippen LogP contribution in [0.5, 0.6) is 17.2 Å². The average molecular weight is 380 g/mol. The smallest absolute Gasteiger partial charge is 0.270 e. The van der Waals surface area contributed by atoms with Gasteiger partial charge in [-0.05, 0) is 54.3 Å². The average Bonchev–Trinajstić information content (AvgIpc) is 3.07.